The summed E-state index contributed by atoms with van der Waals surface area (Å²) < 4.78 is 39.5. The molecule has 2 aromatic rings. The first kappa shape index (κ1) is 20.8. The van der Waals surface area contributed by atoms with E-state index in [2.05, 4.69) is 10.2 Å². The molecule has 1 atom stereocenters. The Hall–Kier alpha value is -0.500. The van der Waals surface area contributed by atoms with Gasteiger partial charge in [0.15, 0.2) is 0 Å². The predicted octanol–water partition coefficient (Wildman–Crippen LogP) is 5.49. The Bertz CT molecular complexity index is 715. The maximum Gasteiger partial charge on any atom is 0.417 e. The van der Waals surface area contributed by atoms with Crippen molar-refractivity contribution in [2.24, 2.45) is 0 Å². The van der Waals surface area contributed by atoms with Crippen LogP contribution in [0, 0.1) is 0 Å². The average Bonchev–Trinajstić information content (AvgIpc) is 2.93. The molecule has 1 saturated heterocycles. The highest BCUT2D eigenvalue weighted by Crippen LogP contribution is 2.40. The molecular formula is C16H16Cl3F3N2S. The Morgan fingerprint density at radius 1 is 1.08 bits per heavy atom. The SMILES string of the molecule is Cl.FC(F)(F)c1ccc([C@@H](c2ccc(Cl)s2)N2CCNCC2)cc1Cl. The Balaban J connectivity index is 0.00000225. The lowest BCUT2D eigenvalue weighted by atomic mass is 10.0. The number of piperazine rings is 1. The van der Waals surface area contributed by atoms with E-state index in [-0.39, 0.29) is 23.5 Å². The summed E-state index contributed by atoms with van der Waals surface area (Å²) in [6, 6.07) is 7.57. The maximum atomic E-state index is 12.9. The number of hydrogen-bond donors (Lipinski definition) is 1. The first-order valence-corrected chi connectivity index (χ1v) is 9.00. The summed E-state index contributed by atoms with van der Waals surface area (Å²) in [5.41, 5.74) is -0.0652. The van der Waals surface area contributed by atoms with E-state index in [0.29, 0.717) is 4.34 Å². The smallest absolute Gasteiger partial charge is 0.314 e. The molecule has 9 heteroatoms. The van der Waals surface area contributed by atoms with Crippen molar-refractivity contribution in [2.45, 2.75) is 12.2 Å². The molecule has 25 heavy (non-hydrogen) atoms. The van der Waals surface area contributed by atoms with Gasteiger partial charge in [-0.2, -0.15) is 13.2 Å². The van der Waals surface area contributed by atoms with E-state index in [1.807, 2.05) is 12.1 Å². The number of benzene rings is 1. The fraction of sp³-hybridized carbons (Fsp3) is 0.375. The zero-order valence-electron chi connectivity index (χ0n) is 12.9. The third-order valence-corrected chi connectivity index (χ3v) is 5.59. The van der Waals surface area contributed by atoms with Gasteiger partial charge < -0.3 is 5.32 Å². The van der Waals surface area contributed by atoms with E-state index in [4.69, 9.17) is 23.2 Å². The Labute approximate surface area is 164 Å². The van der Waals surface area contributed by atoms with Gasteiger partial charge in [-0.25, -0.2) is 0 Å². The van der Waals surface area contributed by atoms with E-state index < -0.39 is 11.7 Å². The average molecular weight is 432 g/mol. The third kappa shape index (κ3) is 4.81. The summed E-state index contributed by atoms with van der Waals surface area (Å²) in [7, 11) is 0. The van der Waals surface area contributed by atoms with Crippen LogP contribution in [0.3, 0.4) is 0 Å². The van der Waals surface area contributed by atoms with Crippen molar-refractivity contribution in [3.05, 3.63) is 55.7 Å². The van der Waals surface area contributed by atoms with Crippen LogP contribution >= 0.6 is 46.9 Å². The first-order chi connectivity index (χ1) is 11.4. The number of nitrogens with one attached hydrogen (secondary N) is 1. The molecule has 1 aliphatic rings. The lowest BCUT2D eigenvalue weighted by Gasteiger charge is -2.35. The topological polar surface area (TPSA) is 15.3 Å². The summed E-state index contributed by atoms with van der Waals surface area (Å²) in [6.07, 6.45) is -4.45. The van der Waals surface area contributed by atoms with Crippen molar-refractivity contribution in [1.82, 2.24) is 10.2 Å². The molecule has 1 N–H and O–H groups in total. The summed E-state index contributed by atoms with van der Waals surface area (Å²) in [4.78, 5) is 3.23. The summed E-state index contributed by atoms with van der Waals surface area (Å²) in [6.45, 7) is 3.28. The monoisotopic (exact) mass is 430 g/mol. The molecule has 0 spiro atoms. The van der Waals surface area contributed by atoms with Gasteiger partial charge in [0.25, 0.3) is 0 Å². The van der Waals surface area contributed by atoms with Gasteiger partial charge in [-0.3, -0.25) is 4.90 Å². The number of rotatable bonds is 3. The quantitative estimate of drug-likeness (QED) is 0.691. The van der Waals surface area contributed by atoms with Gasteiger partial charge in [-0.05, 0) is 29.8 Å². The van der Waals surface area contributed by atoms with E-state index in [0.717, 1.165) is 42.7 Å². The van der Waals surface area contributed by atoms with E-state index in [9.17, 15) is 13.2 Å². The molecule has 1 aromatic carbocycles. The lowest BCUT2D eigenvalue weighted by Crippen LogP contribution is -2.45. The van der Waals surface area contributed by atoms with Crippen molar-refractivity contribution in [3.8, 4) is 0 Å². The van der Waals surface area contributed by atoms with Crippen LogP contribution in [-0.2, 0) is 6.18 Å². The summed E-state index contributed by atoms with van der Waals surface area (Å²) >= 11 is 13.4. The molecule has 0 amide bonds. The van der Waals surface area contributed by atoms with Gasteiger partial charge in [-0.1, -0.05) is 29.3 Å². The number of thiophene rings is 1. The molecule has 1 aromatic heterocycles. The third-order valence-electron chi connectivity index (χ3n) is 3.99. The Morgan fingerprint density at radius 3 is 2.28 bits per heavy atom. The normalized spacial score (nSPS) is 17.2. The molecule has 0 saturated carbocycles. The summed E-state index contributed by atoms with van der Waals surface area (Å²) in [5, 5.41) is 3.00. The van der Waals surface area contributed by atoms with Crippen molar-refractivity contribution >= 4 is 46.9 Å². The molecule has 2 nitrogen and oxygen atoms in total. The van der Waals surface area contributed by atoms with Gasteiger partial charge in [-0.15, -0.1) is 23.7 Å². The standard InChI is InChI=1S/C16H15Cl2F3N2S.ClH/c17-12-9-10(1-2-11(12)16(19,20)21)15(13-3-4-14(18)24-13)23-7-5-22-6-8-23;/h1-4,9,15,22H,5-8H2;1H/t15-;/m0./s1. The molecule has 1 aliphatic heterocycles. The lowest BCUT2D eigenvalue weighted by molar-refractivity contribution is -0.137. The van der Waals surface area contributed by atoms with Crippen LogP contribution in [-0.4, -0.2) is 31.1 Å². The summed E-state index contributed by atoms with van der Waals surface area (Å²) in [5.74, 6) is 0. The van der Waals surface area contributed by atoms with Gasteiger partial charge in [0.1, 0.15) is 0 Å². The molecule has 0 bridgehead atoms. The molecule has 0 aliphatic carbocycles. The fourth-order valence-electron chi connectivity index (χ4n) is 2.90. The fourth-order valence-corrected chi connectivity index (χ4v) is 4.42. The minimum Gasteiger partial charge on any atom is -0.314 e. The van der Waals surface area contributed by atoms with Crippen LogP contribution in [0.15, 0.2) is 30.3 Å². The van der Waals surface area contributed by atoms with E-state index in [1.54, 1.807) is 0 Å². The van der Waals surface area contributed by atoms with Crippen LogP contribution < -0.4 is 5.32 Å². The van der Waals surface area contributed by atoms with Crippen LogP contribution in [0.1, 0.15) is 22.0 Å². The zero-order valence-corrected chi connectivity index (χ0v) is 16.1. The molecular weight excluding hydrogens is 416 g/mol. The second-order valence-electron chi connectivity index (χ2n) is 5.57. The van der Waals surface area contributed by atoms with Crippen LogP contribution in [0.25, 0.3) is 0 Å². The van der Waals surface area contributed by atoms with Gasteiger partial charge in [0.2, 0.25) is 0 Å². The number of hydrogen-bond acceptors (Lipinski definition) is 3. The minimum absolute atomic E-state index is 0. The largest absolute Gasteiger partial charge is 0.417 e. The van der Waals surface area contributed by atoms with Crippen molar-refractivity contribution in [3.63, 3.8) is 0 Å². The highest BCUT2D eigenvalue weighted by atomic mass is 35.5. The van der Waals surface area contributed by atoms with Gasteiger partial charge in [0.05, 0.1) is 21.0 Å². The van der Waals surface area contributed by atoms with Gasteiger partial charge >= 0.3 is 6.18 Å². The van der Waals surface area contributed by atoms with Crippen LogP contribution in [0.2, 0.25) is 9.36 Å². The highest BCUT2D eigenvalue weighted by molar-refractivity contribution is 7.16. The second-order valence-corrected chi connectivity index (χ2v) is 7.72. The molecule has 3 rings (SSSR count). The second kappa shape index (κ2) is 8.46. The number of nitrogens with zero attached hydrogens (tertiary/aromatic N) is 1. The van der Waals surface area contributed by atoms with Gasteiger partial charge in [0, 0.05) is 31.1 Å². The molecule has 138 valence electrons. The van der Waals surface area contributed by atoms with E-state index >= 15 is 0 Å². The number of alkyl halides is 3. The molecule has 0 unspecified atom stereocenters. The zero-order chi connectivity index (χ0) is 17.3. The van der Waals surface area contributed by atoms with E-state index in [1.165, 1.54) is 23.5 Å². The number of halogens is 6. The maximum absolute atomic E-state index is 12.9. The highest BCUT2D eigenvalue weighted by Gasteiger charge is 2.34. The minimum atomic E-state index is -4.45. The Morgan fingerprint density at radius 2 is 1.76 bits per heavy atom. The molecule has 2 heterocycles. The molecule has 0 radical (unpaired) electrons. The van der Waals surface area contributed by atoms with Crippen LogP contribution in [0.5, 0.6) is 0 Å². The predicted molar refractivity (Wildman–Crippen MR) is 99.3 cm³/mol. The Kier molecular flexibility index (Phi) is 7.04. The van der Waals surface area contributed by atoms with Crippen molar-refractivity contribution < 1.29 is 13.2 Å². The first-order valence-electron chi connectivity index (χ1n) is 7.43. The van der Waals surface area contributed by atoms with Crippen molar-refractivity contribution in [1.29, 1.82) is 0 Å². The van der Waals surface area contributed by atoms with Crippen LogP contribution in [0.4, 0.5) is 13.2 Å². The molecule has 1 fully saturated rings. The van der Waals surface area contributed by atoms with Crippen molar-refractivity contribution in [2.75, 3.05) is 26.2 Å².